The number of unbranched alkanes of at least 4 members (excludes halogenated alkanes) is 9. The Morgan fingerprint density at radius 1 is 0.588 bits per heavy atom. The molecule has 1 atom stereocenters. The van der Waals surface area contributed by atoms with E-state index < -0.39 is 0 Å². The SMILES string of the molecule is CCCCCCCCC(CC)OC(=O)CCCCCCCC(=O)Oc1ccc(CC(=O)OCCC2CCN(CCSSCCN3CCC(CCOC(=O)Cc4ccc(OO)cc4)CC3)CC2)cc1. The van der Waals surface area contributed by atoms with E-state index in [1.54, 1.807) is 36.4 Å². The van der Waals surface area contributed by atoms with E-state index in [4.69, 9.17) is 24.2 Å². The van der Waals surface area contributed by atoms with Crippen LogP contribution >= 0.6 is 21.6 Å². The molecule has 2 aromatic carbocycles. The monoisotopic (exact) mass is 985 g/mol. The smallest absolute Gasteiger partial charge is 0.311 e. The minimum atomic E-state index is -0.260. The summed E-state index contributed by atoms with van der Waals surface area (Å²) in [4.78, 5) is 58.8. The first-order valence-corrected chi connectivity index (χ1v) is 28.6. The molecule has 4 rings (SSSR count). The Morgan fingerprint density at radius 3 is 1.53 bits per heavy atom. The average molecular weight is 985 g/mol. The maximum atomic E-state index is 12.6. The van der Waals surface area contributed by atoms with Gasteiger partial charge in [-0.25, -0.2) is 5.26 Å². The van der Waals surface area contributed by atoms with E-state index in [1.807, 2.05) is 33.7 Å². The molecule has 1 N–H and O–H groups in total. The van der Waals surface area contributed by atoms with Gasteiger partial charge in [0.25, 0.3) is 0 Å². The maximum Gasteiger partial charge on any atom is 0.311 e. The summed E-state index contributed by atoms with van der Waals surface area (Å²) in [5.74, 6) is 3.46. The second-order valence-corrected chi connectivity index (χ2v) is 21.5. The molecule has 0 saturated carbocycles. The van der Waals surface area contributed by atoms with E-state index in [0.717, 1.165) is 152 Å². The number of hydrogen-bond acceptors (Lipinski definition) is 14. The van der Waals surface area contributed by atoms with Crippen LogP contribution in [-0.4, -0.2) is 109 Å². The highest BCUT2D eigenvalue weighted by Gasteiger charge is 2.21. The molecule has 0 aliphatic carbocycles. The molecule has 0 bridgehead atoms. The van der Waals surface area contributed by atoms with E-state index in [0.29, 0.717) is 49.4 Å². The summed E-state index contributed by atoms with van der Waals surface area (Å²) in [6.07, 6.45) is 21.4. The third-order valence-electron chi connectivity index (χ3n) is 13.3. The second-order valence-electron chi connectivity index (χ2n) is 18.8. The molecule has 0 spiro atoms. The Labute approximate surface area is 416 Å². The fraction of sp³-hybridized carbons (Fsp3) is 0.704. The van der Waals surface area contributed by atoms with Gasteiger partial charge in [0.1, 0.15) is 11.9 Å². The zero-order chi connectivity index (χ0) is 48.4. The third kappa shape index (κ3) is 26.1. The largest absolute Gasteiger partial charge is 0.465 e. The number of carbonyl (C=O) groups excluding carboxylic acids is 4. The minimum Gasteiger partial charge on any atom is -0.465 e. The number of nitrogens with zero attached hydrogens (tertiary/aromatic N) is 2. The lowest BCUT2D eigenvalue weighted by Crippen LogP contribution is -2.36. The normalized spacial score (nSPS) is 15.5. The Hall–Kier alpha value is -3.30. The van der Waals surface area contributed by atoms with E-state index >= 15 is 0 Å². The minimum absolute atomic E-state index is 0.0436. The summed E-state index contributed by atoms with van der Waals surface area (Å²) in [5, 5.41) is 8.68. The standard InChI is InChI=1S/C54H84N2O10S2/c1-3-5-6-7-9-12-15-48(4-2)64-51(57)16-13-10-8-11-14-17-52(58)65-49-22-18-46(19-23-49)42-53(59)62-38-30-44-26-32-55(33-27-44)36-40-67-68-41-37-56-34-28-45(29-35-56)31-39-63-54(60)43-47-20-24-50(66-61)25-21-47/h18-25,44-45,48,61H,3-17,26-43H2,1-2H3. The van der Waals surface area contributed by atoms with Crippen molar-refractivity contribution in [2.24, 2.45) is 11.8 Å². The third-order valence-corrected chi connectivity index (χ3v) is 15.7. The number of carbonyl (C=O) groups is 4. The van der Waals surface area contributed by atoms with Crippen molar-refractivity contribution < 1.29 is 48.3 Å². The molecule has 0 radical (unpaired) electrons. The van der Waals surface area contributed by atoms with Crippen molar-refractivity contribution in [3.8, 4) is 11.5 Å². The number of benzene rings is 2. The van der Waals surface area contributed by atoms with Gasteiger partial charge in [-0.1, -0.05) is 111 Å². The molecule has 2 saturated heterocycles. The highest BCUT2D eigenvalue weighted by molar-refractivity contribution is 8.76. The first kappa shape index (κ1) is 57.3. The van der Waals surface area contributed by atoms with Gasteiger partial charge >= 0.3 is 23.9 Å². The number of likely N-dealkylation sites (tertiary alicyclic amines) is 2. The van der Waals surface area contributed by atoms with Crippen molar-refractivity contribution in [1.29, 1.82) is 0 Å². The Bertz CT molecular complexity index is 1670. The highest BCUT2D eigenvalue weighted by Crippen LogP contribution is 2.26. The van der Waals surface area contributed by atoms with Crippen LogP contribution in [0.15, 0.2) is 48.5 Å². The molecular formula is C54H84N2O10S2. The van der Waals surface area contributed by atoms with Crippen LogP contribution in [0.3, 0.4) is 0 Å². The van der Waals surface area contributed by atoms with Crippen LogP contribution in [0.2, 0.25) is 0 Å². The van der Waals surface area contributed by atoms with Crippen molar-refractivity contribution in [3.05, 3.63) is 59.7 Å². The van der Waals surface area contributed by atoms with Crippen LogP contribution in [0.5, 0.6) is 11.5 Å². The zero-order valence-corrected chi connectivity index (χ0v) is 43.2. The van der Waals surface area contributed by atoms with Crippen molar-refractivity contribution in [3.63, 3.8) is 0 Å². The van der Waals surface area contributed by atoms with Crippen LogP contribution < -0.4 is 9.62 Å². The van der Waals surface area contributed by atoms with Crippen LogP contribution in [0.1, 0.15) is 160 Å². The fourth-order valence-corrected chi connectivity index (χ4v) is 11.0. The van der Waals surface area contributed by atoms with Gasteiger partial charge < -0.3 is 33.6 Å². The van der Waals surface area contributed by atoms with Crippen molar-refractivity contribution >= 4 is 45.5 Å². The summed E-state index contributed by atoms with van der Waals surface area (Å²) in [6, 6.07) is 13.8. The summed E-state index contributed by atoms with van der Waals surface area (Å²) >= 11 is 0. The van der Waals surface area contributed by atoms with Gasteiger partial charge in [-0.15, -0.1) is 0 Å². The van der Waals surface area contributed by atoms with Gasteiger partial charge in [-0.05, 0) is 144 Å². The molecular weight excluding hydrogens is 901 g/mol. The van der Waals surface area contributed by atoms with Crippen LogP contribution in [0.25, 0.3) is 0 Å². The zero-order valence-electron chi connectivity index (χ0n) is 41.5. The molecule has 0 amide bonds. The number of piperidine rings is 2. The molecule has 2 heterocycles. The van der Waals surface area contributed by atoms with Gasteiger partial charge in [0.15, 0.2) is 5.75 Å². The second kappa shape index (κ2) is 35.7. The van der Waals surface area contributed by atoms with E-state index in [-0.39, 0.29) is 42.8 Å². The topological polar surface area (TPSA) is 141 Å². The van der Waals surface area contributed by atoms with Gasteiger partial charge in [-0.3, -0.25) is 19.2 Å². The number of rotatable bonds is 36. The van der Waals surface area contributed by atoms with Crippen molar-refractivity contribution in [1.82, 2.24) is 9.80 Å². The quantitative estimate of drug-likeness (QED) is 0.0132. The van der Waals surface area contributed by atoms with Gasteiger partial charge in [0.2, 0.25) is 0 Å². The lowest BCUT2D eigenvalue weighted by Gasteiger charge is -2.32. The summed E-state index contributed by atoms with van der Waals surface area (Å²) in [6.45, 7) is 11.9. The predicted molar refractivity (Wildman–Crippen MR) is 274 cm³/mol. The van der Waals surface area contributed by atoms with E-state index in [9.17, 15) is 19.2 Å². The number of hydrogen-bond donors (Lipinski definition) is 1. The number of esters is 4. The van der Waals surface area contributed by atoms with Gasteiger partial charge in [-0.2, -0.15) is 0 Å². The molecule has 2 aliphatic rings. The van der Waals surface area contributed by atoms with Crippen LogP contribution in [0.4, 0.5) is 0 Å². The Balaban J connectivity index is 0.908. The summed E-state index contributed by atoms with van der Waals surface area (Å²) in [5.41, 5.74) is 1.66. The van der Waals surface area contributed by atoms with Gasteiger partial charge in [0, 0.05) is 37.4 Å². The molecule has 12 nitrogen and oxygen atoms in total. The highest BCUT2D eigenvalue weighted by atomic mass is 33.1. The van der Waals surface area contributed by atoms with Crippen molar-refractivity contribution in [2.75, 3.05) is 64.0 Å². The number of ether oxygens (including phenoxy) is 4. The lowest BCUT2D eigenvalue weighted by atomic mass is 9.94. The molecule has 2 fully saturated rings. The first-order chi connectivity index (χ1) is 33.2. The molecule has 2 aliphatic heterocycles. The lowest BCUT2D eigenvalue weighted by molar-refractivity contribution is -0.150. The molecule has 0 aromatic heterocycles. The first-order valence-electron chi connectivity index (χ1n) is 26.1. The Kier molecular flexibility index (Phi) is 30.1. The summed E-state index contributed by atoms with van der Waals surface area (Å²) < 4.78 is 22.3. The van der Waals surface area contributed by atoms with Gasteiger partial charge in [0.05, 0.1) is 26.1 Å². The van der Waals surface area contributed by atoms with Crippen molar-refractivity contribution in [2.45, 2.75) is 168 Å². The fourth-order valence-electron chi connectivity index (χ4n) is 8.90. The molecule has 68 heavy (non-hydrogen) atoms. The molecule has 382 valence electrons. The average Bonchev–Trinajstić information content (AvgIpc) is 3.34. The molecule has 1 unspecified atom stereocenters. The molecule has 14 heteroatoms. The van der Waals surface area contributed by atoms with Crippen LogP contribution in [0, 0.1) is 11.8 Å². The predicted octanol–water partition coefficient (Wildman–Crippen LogP) is 11.7. The van der Waals surface area contributed by atoms with E-state index in [1.165, 1.54) is 32.1 Å². The maximum absolute atomic E-state index is 12.6. The molecule has 2 aromatic rings. The summed E-state index contributed by atoms with van der Waals surface area (Å²) in [7, 11) is 3.95. The Morgan fingerprint density at radius 2 is 1.04 bits per heavy atom. The van der Waals surface area contributed by atoms with E-state index in [2.05, 4.69) is 28.5 Å². The van der Waals surface area contributed by atoms with Crippen LogP contribution in [-0.2, 0) is 46.2 Å².